The molecule has 0 saturated carbocycles. The average Bonchev–Trinajstić information content (AvgIpc) is 2.48. The van der Waals surface area contributed by atoms with E-state index in [1.165, 1.54) is 25.3 Å². The lowest BCUT2D eigenvalue weighted by atomic mass is 10.1. The number of hydrogen-bond donors (Lipinski definition) is 2. The number of nitrogens with zero attached hydrogens (tertiary/aromatic N) is 1. The van der Waals surface area contributed by atoms with E-state index in [1.807, 2.05) is 5.32 Å². The molecule has 6 nitrogen and oxygen atoms in total. The molecule has 0 aliphatic heterocycles. The first-order valence-electron chi connectivity index (χ1n) is 7.42. The Morgan fingerprint density at radius 2 is 1.92 bits per heavy atom. The van der Waals surface area contributed by atoms with Crippen LogP contribution in [0.5, 0.6) is 0 Å². The highest BCUT2D eigenvalue weighted by Gasteiger charge is 2.63. The van der Waals surface area contributed by atoms with Crippen LogP contribution in [0.1, 0.15) is 32.3 Å². The summed E-state index contributed by atoms with van der Waals surface area (Å²) in [6.07, 6.45) is -3.65. The lowest BCUT2D eigenvalue weighted by molar-refractivity contribution is -0.208. The molecule has 1 unspecified atom stereocenters. The van der Waals surface area contributed by atoms with E-state index < -0.39 is 23.7 Å². The van der Waals surface area contributed by atoms with E-state index in [0.717, 1.165) is 5.56 Å². The summed E-state index contributed by atoms with van der Waals surface area (Å²) in [5.74, 6) is -2.80. The third-order valence-corrected chi connectivity index (χ3v) is 3.04. The fourth-order valence-corrected chi connectivity index (χ4v) is 1.86. The molecule has 134 valence electrons. The van der Waals surface area contributed by atoms with Crippen molar-refractivity contribution in [3.05, 3.63) is 23.9 Å². The topological polar surface area (TPSA) is 80.3 Å². The molecule has 1 heterocycles. The van der Waals surface area contributed by atoms with Crippen molar-refractivity contribution < 1.29 is 27.5 Å². The Hall–Kier alpha value is -2.32. The van der Waals surface area contributed by atoms with Crippen LogP contribution in [0.25, 0.3) is 0 Å². The Morgan fingerprint density at radius 3 is 2.38 bits per heavy atom. The Bertz CT molecular complexity index is 576. The van der Waals surface area contributed by atoms with E-state index >= 15 is 0 Å². The number of hydrogen-bond acceptors (Lipinski definition) is 5. The molecule has 1 amide bonds. The number of anilines is 1. The Labute approximate surface area is 137 Å². The molecule has 0 bridgehead atoms. The van der Waals surface area contributed by atoms with Gasteiger partial charge in [0, 0.05) is 12.6 Å². The van der Waals surface area contributed by atoms with Gasteiger partial charge in [-0.1, -0.05) is 13.0 Å². The minimum absolute atomic E-state index is 0.166. The number of alkyl halides is 3. The SMILES string of the molecule is CCCC(=O)NC(Nc1ccc(C)cn1)(C(=O)OCC)C(F)(F)F. The van der Waals surface area contributed by atoms with Gasteiger partial charge in [-0.25, -0.2) is 9.78 Å². The van der Waals surface area contributed by atoms with Crippen LogP contribution < -0.4 is 10.6 Å². The fourth-order valence-electron chi connectivity index (χ4n) is 1.86. The van der Waals surface area contributed by atoms with Gasteiger partial charge in [0.05, 0.1) is 6.61 Å². The third kappa shape index (κ3) is 4.59. The zero-order chi connectivity index (χ0) is 18.4. The highest BCUT2D eigenvalue weighted by molar-refractivity contribution is 5.91. The van der Waals surface area contributed by atoms with Gasteiger partial charge in [-0.2, -0.15) is 13.2 Å². The lowest BCUT2D eigenvalue weighted by Gasteiger charge is -2.35. The van der Waals surface area contributed by atoms with Crippen molar-refractivity contribution in [1.82, 2.24) is 10.3 Å². The van der Waals surface area contributed by atoms with E-state index in [9.17, 15) is 22.8 Å². The first-order valence-corrected chi connectivity index (χ1v) is 7.42. The summed E-state index contributed by atoms with van der Waals surface area (Å²) in [6, 6.07) is 2.80. The molecule has 1 aromatic heterocycles. The predicted molar refractivity (Wildman–Crippen MR) is 81.1 cm³/mol. The average molecular weight is 347 g/mol. The van der Waals surface area contributed by atoms with E-state index in [2.05, 4.69) is 9.72 Å². The molecule has 1 aromatic rings. The second-order valence-electron chi connectivity index (χ2n) is 5.11. The largest absolute Gasteiger partial charge is 0.463 e. The number of pyridine rings is 1. The number of aromatic nitrogens is 1. The smallest absolute Gasteiger partial charge is 0.441 e. The summed E-state index contributed by atoms with van der Waals surface area (Å²) in [5.41, 5.74) is -2.68. The van der Waals surface area contributed by atoms with Crippen molar-refractivity contribution in [1.29, 1.82) is 0 Å². The number of amides is 1. The van der Waals surface area contributed by atoms with Gasteiger partial charge in [-0.3, -0.25) is 4.79 Å². The molecule has 1 atom stereocenters. The van der Waals surface area contributed by atoms with E-state index in [4.69, 9.17) is 0 Å². The summed E-state index contributed by atoms with van der Waals surface area (Å²) < 4.78 is 45.7. The lowest BCUT2D eigenvalue weighted by Crippen LogP contribution is -2.69. The van der Waals surface area contributed by atoms with Crippen molar-refractivity contribution in [2.24, 2.45) is 0 Å². The maximum Gasteiger partial charge on any atom is 0.441 e. The van der Waals surface area contributed by atoms with Crippen molar-refractivity contribution in [2.45, 2.75) is 45.5 Å². The van der Waals surface area contributed by atoms with Crippen LogP contribution in [0.3, 0.4) is 0 Å². The minimum Gasteiger partial charge on any atom is -0.463 e. The van der Waals surface area contributed by atoms with E-state index in [-0.39, 0.29) is 18.8 Å². The molecule has 24 heavy (non-hydrogen) atoms. The normalized spacial score (nSPS) is 13.8. The van der Waals surface area contributed by atoms with Crippen LogP contribution in [0.2, 0.25) is 0 Å². The number of rotatable bonds is 7. The first kappa shape index (κ1) is 19.7. The molecule has 0 radical (unpaired) electrons. The van der Waals surface area contributed by atoms with Crippen LogP contribution in [0.15, 0.2) is 18.3 Å². The van der Waals surface area contributed by atoms with Crippen molar-refractivity contribution in [3.63, 3.8) is 0 Å². The van der Waals surface area contributed by atoms with Gasteiger partial charge in [0.2, 0.25) is 5.91 Å². The third-order valence-electron chi connectivity index (χ3n) is 3.04. The number of nitrogens with one attached hydrogen (secondary N) is 2. The molecule has 1 rings (SSSR count). The van der Waals surface area contributed by atoms with Crippen LogP contribution in [0, 0.1) is 6.92 Å². The Kier molecular flexibility index (Phi) is 6.56. The van der Waals surface area contributed by atoms with Crippen molar-refractivity contribution in [2.75, 3.05) is 11.9 Å². The quantitative estimate of drug-likeness (QED) is 0.585. The van der Waals surface area contributed by atoms with Gasteiger partial charge >= 0.3 is 17.8 Å². The van der Waals surface area contributed by atoms with Crippen LogP contribution >= 0.6 is 0 Å². The monoisotopic (exact) mass is 347 g/mol. The molecule has 0 spiro atoms. The van der Waals surface area contributed by atoms with Crippen LogP contribution in [-0.2, 0) is 14.3 Å². The minimum atomic E-state index is -5.14. The fraction of sp³-hybridized carbons (Fsp3) is 0.533. The van der Waals surface area contributed by atoms with Crippen LogP contribution in [-0.4, -0.2) is 35.3 Å². The highest BCUT2D eigenvalue weighted by atomic mass is 19.4. The molecule has 0 saturated heterocycles. The van der Waals surface area contributed by atoms with Gasteiger partial charge in [-0.05, 0) is 31.9 Å². The number of halogens is 3. The zero-order valence-corrected chi connectivity index (χ0v) is 13.7. The maximum absolute atomic E-state index is 13.7. The molecule has 0 fully saturated rings. The summed E-state index contributed by atoms with van der Waals surface area (Å²) in [5, 5.41) is 3.72. The van der Waals surface area contributed by atoms with Crippen molar-refractivity contribution >= 4 is 17.7 Å². The summed E-state index contributed by atoms with van der Waals surface area (Å²) >= 11 is 0. The molecular formula is C15H20F3N3O3. The van der Waals surface area contributed by atoms with Gasteiger partial charge in [0.1, 0.15) is 5.82 Å². The number of aryl methyl sites for hydroxylation is 1. The van der Waals surface area contributed by atoms with E-state index in [0.29, 0.717) is 6.42 Å². The highest BCUT2D eigenvalue weighted by Crippen LogP contribution is 2.33. The van der Waals surface area contributed by atoms with Crippen LogP contribution in [0.4, 0.5) is 19.0 Å². The zero-order valence-electron chi connectivity index (χ0n) is 13.7. The number of ether oxygens (including phenoxy) is 1. The second-order valence-corrected chi connectivity index (χ2v) is 5.11. The van der Waals surface area contributed by atoms with Crippen molar-refractivity contribution in [3.8, 4) is 0 Å². The predicted octanol–water partition coefficient (Wildman–Crippen LogP) is 2.54. The van der Waals surface area contributed by atoms with E-state index in [1.54, 1.807) is 19.2 Å². The first-order chi connectivity index (χ1) is 11.2. The molecule has 9 heteroatoms. The maximum atomic E-state index is 13.7. The Balaban J connectivity index is 3.30. The summed E-state index contributed by atoms with van der Waals surface area (Å²) in [6.45, 7) is 4.44. The number of carbonyl (C=O) groups excluding carboxylic acids is 2. The molecule has 0 aromatic carbocycles. The second kappa shape index (κ2) is 7.98. The Morgan fingerprint density at radius 1 is 1.25 bits per heavy atom. The molecular weight excluding hydrogens is 327 g/mol. The molecule has 2 N–H and O–H groups in total. The number of carbonyl (C=O) groups is 2. The van der Waals surface area contributed by atoms with Gasteiger partial charge in [-0.15, -0.1) is 0 Å². The molecule has 0 aliphatic carbocycles. The van der Waals surface area contributed by atoms with Gasteiger partial charge < -0.3 is 15.4 Å². The number of esters is 1. The standard InChI is InChI=1S/C15H20F3N3O3/c1-4-6-12(22)21-14(15(16,17)18,13(23)24-5-2)20-11-8-7-10(3)9-19-11/h7-9H,4-6H2,1-3H3,(H,19,20)(H,21,22). The van der Waals surface area contributed by atoms with Gasteiger partial charge in [0.25, 0.3) is 0 Å². The van der Waals surface area contributed by atoms with Gasteiger partial charge in [0.15, 0.2) is 0 Å². The summed E-state index contributed by atoms with van der Waals surface area (Å²) in [4.78, 5) is 27.7. The summed E-state index contributed by atoms with van der Waals surface area (Å²) in [7, 11) is 0. The molecule has 0 aliphatic rings.